The Morgan fingerprint density at radius 1 is 1.44 bits per heavy atom. The molecule has 0 radical (unpaired) electrons. The number of rotatable bonds is 3. The smallest absolute Gasteiger partial charge is 0.161 e. The minimum absolute atomic E-state index is 0.222. The maximum atomic E-state index is 14.1. The average Bonchev–Trinajstić information content (AvgIpc) is 2.85. The van der Waals surface area contributed by atoms with E-state index in [1.54, 1.807) is 23.5 Å². The quantitative estimate of drug-likeness (QED) is 0.847. The summed E-state index contributed by atoms with van der Waals surface area (Å²) in [6.07, 6.45) is 0. The fourth-order valence-electron chi connectivity index (χ4n) is 1.66. The lowest BCUT2D eigenvalue weighted by molar-refractivity contribution is 0.615. The lowest BCUT2D eigenvalue weighted by Gasteiger charge is -2.20. The lowest BCUT2D eigenvalue weighted by Crippen LogP contribution is -2.17. The molecule has 2 aromatic rings. The largest absolute Gasteiger partial charge is 0.368 e. The van der Waals surface area contributed by atoms with E-state index in [0.29, 0.717) is 17.8 Å². The maximum absolute atomic E-state index is 14.1. The van der Waals surface area contributed by atoms with Gasteiger partial charge in [0.1, 0.15) is 6.07 Å². The molecule has 0 aliphatic carbocycles. The van der Waals surface area contributed by atoms with Gasteiger partial charge in [0.15, 0.2) is 5.82 Å². The molecule has 1 aromatic carbocycles. The van der Waals surface area contributed by atoms with Crippen LogP contribution in [0.25, 0.3) is 0 Å². The molecule has 0 N–H and O–H groups in total. The van der Waals surface area contributed by atoms with Gasteiger partial charge in [-0.3, -0.25) is 0 Å². The first kappa shape index (κ1) is 13.1. The van der Waals surface area contributed by atoms with E-state index in [4.69, 9.17) is 5.26 Å². The number of anilines is 1. The van der Waals surface area contributed by atoms with Crippen LogP contribution in [0.5, 0.6) is 0 Å². The number of benzene rings is 1. The predicted molar refractivity (Wildman–Crippen MR) is 75.2 cm³/mol. The molecule has 2 nitrogen and oxygen atoms in total. The van der Waals surface area contributed by atoms with E-state index in [9.17, 15) is 4.39 Å². The van der Waals surface area contributed by atoms with Crippen molar-refractivity contribution in [3.8, 4) is 6.07 Å². The molecule has 92 valence electrons. The molecule has 0 aliphatic heterocycles. The number of hydrogen-bond acceptors (Lipinski definition) is 3. The molecule has 0 fully saturated rings. The molecule has 0 aliphatic rings. The van der Waals surface area contributed by atoms with Crippen molar-refractivity contribution in [3.63, 3.8) is 0 Å². The van der Waals surface area contributed by atoms with Gasteiger partial charge in [-0.15, -0.1) is 0 Å². The third-order valence-electron chi connectivity index (χ3n) is 2.59. The molecule has 0 atom stereocenters. The first-order valence-electron chi connectivity index (χ1n) is 5.23. The van der Waals surface area contributed by atoms with Gasteiger partial charge in [-0.2, -0.15) is 16.6 Å². The summed E-state index contributed by atoms with van der Waals surface area (Å²) in [5.74, 6) is -0.397. The highest BCUT2D eigenvalue weighted by atomic mass is 79.9. The van der Waals surface area contributed by atoms with Crippen molar-refractivity contribution in [2.24, 2.45) is 0 Å². The maximum Gasteiger partial charge on any atom is 0.161 e. The van der Waals surface area contributed by atoms with Crippen LogP contribution in [-0.4, -0.2) is 7.05 Å². The summed E-state index contributed by atoms with van der Waals surface area (Å²) in [5.41, 5.74) is 1.93. The first-order chi connectivity index (χ1) is 8.63. The van der Waals surface area contributed by atoms with Crippen LogP contribution in [0.4, 0.5) is 10.1 Å². The van der Waals surface area contributed by atoms with Crippen molar-refractivity contribution in [2.75, 3.05) is 11.9 Å². The van der Waals surface area contributed by atoms with Crippen molar-refractivity contribution >= 4 is 33.0 Å². The topological polar surface area (TPSA) is 27.0 Å². The molecule has 1 aromatic heterocycles. The van der Waals surface area contributed by atoms with Gasteiger partial charge in [0.2, 0.25) is 0 Å². The standard InChI is InChI=1S/C13H10BrFN2S/c1-17(7-9-4-5-18-8-9)11-3-2-10(6-16)12(14)13(11)15/h2-5,8H,7H2,1H3. The molecular weight excluding hydrogens is 315 g/mol. The summed E-state index contributed by atoms with van der Waals surface area (Å²) in [6.45, 7) is 0.638. The second-order valence-electron chi connectivity index (χ2n) is 3.86. The van der Waals surface area contributed by atoms with Gasteiger partial charge in [-0.25, -0.2) is 4.39 Å². The molecule has 0 amide bonds. The minimum atomic E-state index is -0.397. The lowest BCUT2D eigenvalue weighted by atomic mass is 10.2. The molecule has 0 unspecified atom stereocenters. The Balaban J connectivity index is 2.29. The molecular formula is C13H10BrFN2S. The Kier molecular flexibility index (Phi) is 4.00. The molecule has 0 saturated carbocycles. The van der Waals surface area contributed by atoms with Gasteiger partial charge in [0.05, 0.1) is 15.7 Å². The zero-order chi connectivity index (χ0) is 13.1. The van der Waals surface area contributed by atoms with Crippen LogP contribution >= 0.6 is 27.3 Å². The van der Waals surface area contributed by atoms with E-state index in [1.165, 1.54) is 0 Å². The second kappa shape index (κ2) is 5.51. The SMILES string of the molecule is CN(Cc1ccsc1)c1ccc(C#N)c(Br)c1F. The molecule has 5 heteroatoms. The summed E-state index contributed by atoms with van der Waals surface area (Å²) in [6, 6.07) is 7.20. The zero-order valence-corrected chi connectivity index (χ0v) is 12.1. The van der Waals surface area contributed by atoms with Gasteiger partial charge in [0, 0.05) is 13.6 Å². The normalized spacial score (nSPS) is 10.1. The Morgan fingerprint density at radius 2 is 2.22 bits per heavy atom. The molecule has 0 spiro atoms. The second-order valence-corrected chi connectivity index (χ2v) is 5.43. The summed E-state index contributed by atoms with van der Waals surface area (Å²) in [7, 11) is 1.83. The van der Waals surface area contributed by atoms with Gasteiger partial charge in [-0.05, 0) is 50.5 Å². The number of halogens is 2. The number of hydrogen-bond donors (Lipinski definition) is 0. The fraction of sp³-hybridized carbons (Fsp3) is 0.154. The highest BCUT2D eigenvalue weighted by molar-refractivity contribution is 9.10. The molecule has 2 rings (SSSR count). The number of nitrogens with zero attached hydrogens (tertiary/aromatic N) is 2. The van der Waals surface area contributed by atoms with Gasteiger partial charge in [0.25, 0.3) is 0 Å². The average molecular weight is 325 g/mol. The van der Waals surface area contributed by atoms with E-state index < -0.39 is 5.82 Å². The summed E-state index contributed by atoms with van der Waals surface area (Å²) in [5, 5.41) is 12.8. The van der Waals surface area contributed by atoms with Gasteiger partial charge >= 0.3 is 0 Å². The fourth-order valence-corrected chi connectivity index (χ4v) is 2.75. The monoisotopic (exact) mass is 324 g/mol. The van der Waals surface area contributed by atoms with Crippen LogP contribution in [-0.2, 0) is 6.54 Å². The Hall–Kier alpha value is -1.38. The van der Waals surface area contributed by atoms with Crippen molar-refractivity contribution in [1.29, 1.82) is 5.26 Å². The summed E-state index contributed by atoms with van der Waals surface area (Å²) < 4.78 is 14.3. The third-order valence-corrected chi connectivity index (χ3v) is 4.10. The molecule has 0 bridgehead atoms. The van der Waals surface area contributed by atoms with E-state index in [2.05, 4.69) is 15.9 Å². The van der Waals surface area contributed by atoms with Crippen LogP contribution < -0.4 is 4.90 Å². The Morgan fingerprint density at radius 3 is 2.83 bits per heavy atom. The first-order valence-corrected chi connectivity index (χ1v) is 6.97. The number of nitriles is 1. The highest BCUT2D eigenvalue weighted by Gasteiger charge is 2.14. The third kappa shape index (κ3) is 2.55. The number of thiophene rings is 1. The van der Waals surface area contributed by atoms with Crippen molar-refractivity contribution in [1.82, 2.24) is 0 Å². The zero-order valence-electron chi connectivity index (χ0n) is 9.65. The minimum Gasteiger partial charge on any atom is -0.368 e. The Labute approximate surface area is 117 Å². The van der Waals surface area contributed by atoms with E-state index >= 15 is 0 Å². The van der Waals surface area contributed by atoms with Crippen LogP contribution in [0.3, 0.4) is 0 Å². The van der Waals surface area contributed by atoms with Crippen LogP contribution in [0.2, 0.25) is 0 Å². The van der Waals surface area contributed by atoms with E-state index in [-0.39, 0.29) is 4.47 Å². The highest BCUT2D eigenvalue weighted by Crippen LogP contribution is 2.29. The van der Waals surface area contributed by atoms with Crippen LogP contribution in [0.15, 0.2) is 33.4 Å². The predicted octanol–water partition coefficient (Wildman–Crippen LogP) is 4.16. The summed E-state index contributed by atoms with van der Waals surface area (Å²) in [4.78, 5) is 1.82. The van der Waals surface area contributed by atoms with Crippen molar-refractivity contribution in [2.45, 2.75) is 6.54 Å². The van der Waals surface area contributed by atoms with Crippen molar-refractivity contribution < 1.29 is 4.39 Å². The Bertz CT molecular complexity index is 590. The molecule has 0 saturated heterocycles. The summed E-state index contributed by atoms with van der Waals surface area (Å²) >= 11 is 4.73. The van der Waals surface area contributed by atoms with Crippen molar-refractivity contribution in [3.05, 3.63) is 50.4 Å². The van der Waals surface area contributed by atoms with E-state index in [0.717, 1.165) is 5.56 Å². The van der Waals surface area contributed by atoms with Crippen LogP contribution in [0, 0.1) is 17.1 Å². The van der Waals surface area contributed by atoms with Gasteiger partial charge in [-0.1, -0.05) is 0 Å². The molecule has 18 heavy (non-hydrogen) atoms. The van der Waals surface area contributed by atoms with Crippen LogP contribution in [0.1, 0.15) is 11.1 Å². The molecule has 1 heterocycles. The van der Waals surface area contributed by atoms with E-state index in [1.807, 2.05) is 34.8 Å². The van der Waals surface area contributed by atoms with Gasteiger partial charge < -0.3 is 4.90 Å².